The molecule has 120 valence electrons. The number of fused-ring (bicyclic) bond motifs is 3. The van der Waals surface area contributed by atoms with Gasteiger partial charge in [0.25, 0.3) is 0 Å². The van der Waals surface area contributed by atoms with Crippen LogP contribution in [-0.2, 0) is 23.7 Å². The summed E-state index contributed by atoms with van der Waals surface area (Å²) >= 11 is 0. The van der Waals surface area contributed by atoms with Crippen LogP contribution in [0.3, 0.4) is 0 Å². The lowest BCUT2D eigenvalue weighted by Gasteiger charge is -2.56. The van der Waals surface area contributed by atoms with E-state index in [9.17, 15) is 0 Å². The fourth-order valence-electron chi connectivity index (χ4n) is 3.82. The van der Waals surface area contributed by atoms with Crippen molar-refractivity contribution in [1.82, 2.24) is 0 Å². The van der Waals surface area contributed by atoms with Crippen molar-refractivity contribution in [2.24, 2.45) is 5.92 Å². The van der Waals surface area contributed by atoms with Gasteiger partial charge < -0.3 is 23.7 Å². The van der Waals surface area contributed by atoms with Crippen LogP contribution in [0.2, 0.25) is 0 Å². The Bertz CT molecular complexity index is 351. The number of epoxide rings is 2. The zero-order valence-electron chi connectivity index (χ0n) is 12.8. The molecular formula is C16H26O5. The summed E-state index contributed by atoms with van der Waals surface area (Å²) in [6.45, 7) is 6.53. The van der Waals surface area contributed by atoms with Crippen molar-refractivity contribution in [3.05, 3.63) is 0 Å². The second-order valence-corrected chi connectivity index (χ2v) is 7.33. The standard InChI is InChI=1S/C16H26O5/c1-15-4-2-12(3-5-15)16(21-15,10-17-6-13-8-19-13)11-18-7-14-9-20-14/h12-14H,2-11H2,1H3. The van der Waals surface area contributed by atoms with E-state index in [0.717, 1.165) is 26.1 Å². The van der Waals surface area contributed by atoms with Gasteiger partial charge in [-0.1, -0.05) is 0 Å². The normalized spacial score (nSPS) is 47.6. The molecular weight excluding hydrogens is 272 g/mol. The maximum absolute atomic E-state index is 6.53. The Morgan fingerprint density at radius 3 is 1.90 bits per heavy atom. The van der Waals surface area contributed by atoms with Crippen LogP contribution in [0.4, 0.5) is 0 Å². The monoisotopic (exact) mass is 298 g/mol. The van der Waals surface area contributed by atoms with Gasteiger partial charge in [-0.15, -0.1) is 0 Å². The maximum atomic E-state index is 6.53. The lowest BCUT2D eigenvalue weighted by molar-refractivity contribution is -0.279. The van der Waals surface area contributed by atoms with E-state index in [1.54, 1.807) is 0 Å². The van der Waals surface area contributed by atoms with Gasteiger partial charge in [0, 0.05) is 0 Å². The van der Waals surface area contributed by atoms with Crippen LogP contribution in [0.5, 0.6) is 0 Å². The smallest absolute Gasteiger partial charge is 0.118 e. The molecule has 0 aromatic heterocycles. The third-order valence-electron chi connectivity index (χ3n) is 5.34. The molecule has 5 fully saturated rings. The molecule has 2 unspecified atom stereocenters. The van der Waals surface area contributed by atoms with Crippen molar-refractivity contribution >= 4 is 0 Å². The molecule has 4 aliphatic heterocycles. The van der Waals surface area contributed by atoms with E-state index in [1.807, 2.05) is 0 Å². The molecule has 2 bridgehead atoms. The Hall–Kier alpha value is -0.200. The summed E-state index contributed by atoms with van der Waals surface area (Å²) < 4.78 is 28.8. The molecule has 1 saturated carbocycles. The molecule has 5 aliphatic rings. The lowest BCUT2D eigenvalue weighted by atomic mass is 9.68. The molecule has 0 amide bonds. The van der Waals surface area contributed by atoms with Crippen molar-refractivity contribution < 1.29 is 23.7 Å². The lowest BCUT2D eigenvalue weighted by Crippen LogP contribution is -2.61. The largest absolute Gasteiger partial charge is 0.376 e. The van der Waals surface area contributed by atoms with Crippen molar-refractivity contribution in [2.75, 3.05) is 39.6 Å². The summed E-state index contributed by atoms with van der Waals surface area (Å²) in [5.74, 6) is 0.555. The Morgan fingerprint density at radius 1 is 0.952 bits per heavy atom. The van der Waals surface area contributed by atoms with Gasteiger partial charge >= 0.3 is 0 Å². The average Bonchev–Trinajstić information content (AvgIpc) is 3.34. The molecule has 0 aromatic rings. The van der Waals surface area contributed by atoms with Gasteiger partial charge in [-0.05, 0) is 38.5 Å². The van der Waals surface area contributed by atoms with Gasteiger partial charge in [0.1, 0.15) is 17.8 Å². The Balaban J connectivity index is 1.38. The van der Waals surface area contributed by atoms with E-state index in [2.05, 4.69) is 6.92 Å². The van der Waals surface area contributed by atoms with Gasteiger partial charge in [-0.25, -0.2) is 0 Å². The highest BCUT2D eigenvalue weighted by Crippen LogP contribution is 2.50. The number of rotatable bonds is 8. The van der Waals surface area contributed by atoms with E-state index in [1.165, 1.54) is 12.8 Å². The summed E-state index contributed by atoms with van der Waals surface area (Å²) in [6, 6.07) is 0. The molecule has 5 rings (SSSR count). The molecule has 1 aliphatic carbocycles. The summed E-state index contributed by atoms with van der Waals surface area (Å²) in [5.41, 5.74) is -0.261. The summed E-state index contributed by atoms with van der Waals surface area (Å²) in [7, 11) is 0. The van der Waals surface area contributed by atoms with Crippen LogP contribution in [0.25, 0.3) is 0 Å². The van der Waals surface area contributed by atoms with E-state index in [-0.39, 0.29) is 11.2 Å². The quantitative estimate of drug-likeness (QED) is 0.636. The number of hydrogen-bond acceptors (Lipinski definition) is 5. The fraction of sp³-hybridized carbons (Fsp3) is 1.00. The molecule has 5 nitrogen and oxygen atoms in total. The minimum Gasteiger partial charge on any atom is -0.376 e. The topological polar surface area (TPSA) is 52.8 Å². The van der Waals surface area contributed by atoms with E-state index < -0.39 is 0 Å². The Kier molecular flexibility index (Phi) is 3.74. The van der Waals surface area contributed by atoms with Gasteiger partial charge in [0.15, 0.2) is 0 Å². The van der Waals surface area contributed by atoms with Crippen molar-refractivity contribution in [3.8, 4) is 0 Å². The summed E-state index contributed by atoms with van der Waals surface area (Å²) in [5, 5.41) is 0. The van der Waals surface area contributed by atoms with Crippen molar-refractivity contribution in [2.45, 2.75) is 56.0 Å². The van der Waals surface area contributed by atoms with E-state index in [4.69, 9.17) is 23.7 Å². The summed E-state index contributed by atoms with van der Waals surface area (Å²) in [4.78, 5) is 0. The average molecular weight is 298 g/mol. The molecule has 0 spiro atoms. The van der Waals surface area contributed by atoms with E-state index in [0.29, 0.717) is 44.6 Å². The van der Waals surface area contributed by atoms with Crippen molar-refractivity contribution in [3.63, 3.8) is 0 Å². The molecule has 0 aromatic carbocycles. The highest BCUT2D eigenvalue weighted by atomic mass is 16.6. The second-order valence-electron chi connectivity index (χ2n) is 7.33. The molecule has 5 heteroatoms. The minimum absolute atomic E-state index is 0.00757. The van der Waals surface area contributed by atoms with Crippen LogP contribution in [0.15, 0.2) is 0 Å². The zero-order valence-corrected chi connectivity index (χ0v) is 12.8. The predicted octanol–water partition coefficient (Wildman–Crippen LogP) is 1.54. The van der Waals surface area contributed by atoms with Gasteiger partial charge in [-0.3, -0.25) is 0 Å². The van der Waals surface area contributed by atoms with Gasteiger partial charge in [0.2, 0.25) is 0 Å². The first kappa shape index (κ1) is 14.4. The Morgan fingerprint density at radius 2 is 1.48 bits per heavy atom. The van der Waals surface area contributed by atoms with Crippen LogP contribution in [-0.4, -0.2) is 63.1 Å². The van der Waals surface area contributed by atoms with Gasteiger partial charge in [0.05, 0.1) is 45.2 Å². The number of ether oxygens (including phenoxy) is 5. The molecule has 4 heterocycles. The highest BCUT2D eigenvalue weighted by molar-refractivity contribution is 5.02. The van der Waals surface area contributed by atoms with Crippen molar-refractivity contribution in [1.29, 1.82) is 0 Å². The predicted molar refractivity (Wildman–Crippen MR) is 75.3 cm³/mol. The number of hydrogen-bond donors (Lipinski definition) is 0. The van der Waals surface area contributed by atoms with Crippen LogP contribution < -0.4 is 0 Å². The maximum Gasteiger partial charge on any atom is 0.118 e. The fourth-order valence-corrected chi connectivity index (χ4v) is 3.82. The molecule has 2 atom stereocenters. The molecule has 21 heavy (non-hydrogen) atoms. The minimum atomic E-state index is -0.269. The van der Waals surface area contributed by atoms with Crippen LogP contribution in [0, 0.1) is 5.92 Å². The Labute approximate surface area is 126 Å². The third kappa shape index (κ3) is 3.27. The SMILES string of the molecule is CC12CCC(CC1)C(COCC1CO1)(COCC1CO1)O2. The molecule has 4 saturated heterocycles. The first-order chi connectivity index (χ1) is 10.2. The molecule has 0 radical (unpaired) electrons. The van der Waals surface area contributed by atoms with Crippen LogP contribution in [0.1, 0.15) is 32.6 Å². The van der Waals surface area contributed by atoms with Crippen LogP contribution >= 0.6 is 0 Å². The first-order valence-electron chi connectivity index (χ1n) is 8.26. The molecule has 0 N–H and O–H groups in total. The highest BCUT2D eigenvalue weighted by Gasteiger charge is 2.54. The summed E-state index contributed by atoms with van der Waals surface area (Å²) in [6.07, 6.45) is 5.39. The van der Waals surface area contributed by atoms with E-state index >= 15 is 0 Å². The zero-order chi connectivity index (χ0) is 14.3. The third-order valence-corrected chi connectivity index (χ3v) is 5.34. The van der Waals surface area contributed by atoms with Gasteiger partial charge in [-0.2, -0.15) is 0 Å². The first-order valence-corrected chi connectivity index (χ1v) is 8.26. The second kappa shape index (κ2) is 5.46.